The van der Waals surface area contributed by atoms with E-state index in [0.717, 1.165) is 28.8 Å². The lowest BCUT2D eigenvalue weighted by molar-refractivity contribution is -0.143. The van der Waals surface area contributed by atoms with E-state index < -0.39 is 41.2 Å². The van der Waals surface area contributed by atoms with Crippen LogP contribution in [0.5, 0.6) is 0 Å². The summed E-state index contributed by atoms with van der Waals surface area (Å²) in [5.74, 6) is 0. The summed E-state index contributed by atoms with van der Waals surface area (Å²) in [6.07, 6.45) is -9.25. The topological polar surface area (TPSA) is 41.6 Å². The summed E-state index contributed by atoms with van der Waals surface area (Å²) in [4.78, 5) is 14.5. The maximum absolute atomic E-state index is 13.3. The lowest BCUT2D eigenvalue weighted by Crippen LogP contribution is -2.37. The van der Waals surface area contributed by atoms with E-state index in [1.807, 2.05) is 26.0 Å². The van der Waals surface area contributed by atoms with Crippen LogP contribution in [0.4, 0.5) is 36.8 Å². The average Bonchev–Trinajstić information content (AvgIpc) is 2.89. The number of fused-ring (bicyclic) bond motifs is 1. The van der Waals surface area contributed by atoms with Crippen LogP contribution in [0.25, 0.3) is 0 Å². The smallest absolute Gasteiger partial charge is 0.416 e. The normalized spacial score (nSPS) is 17.0. The summed E-state index contributed by atoms with van der Waals surface area (Å²) < 4.78 is 85.1. The molecule has 1 aliphatic rings. The molecule has 0 spiro atoms. The minimum Gasteiger partial charge on any atom is -0.443 e. The van der Waals surface area contributed by atoms with Crippen molar-refractivity contribution in [3.63, 3.8) is 0 Å². The predicted molar refractivity (Wildman–Crippen MR) is 125 cm³/mol. The van der Waals surface area contributed by atoms with Crippen LogP contribution in [0.3, 0.4) is 0 Å². The molecule has 1 N–H and O–H groups in total. The molecule has 0 bridgehead atoms. The molecule has 1 unspecified atom stereocenters. The number of halogens is 6. The number of amides is 1. The maximum atomic E-state index is 13.3. The first-order valence-electron chi connectivity index (χ1n) is 11.6. The molecule has 2 aromatic carbocycles. The van der Waals surface area contributed by atoms with Crippen LogP contribution in [0.2, 0.25) is 0 Å². The van der Waals surface area contributed by atoms with Gasteiger partial charge < -0.3 is 10.1 Å². The first-order chi connectivity index (χ1) is 16.5. The monoisotopic (exact) mass is 516 g/mol. The molecule has 2 aromatic rings. The Morgan fingerprint density at radius 1 is 0.944 bits per heavy atom. The highest BCUT2D eigenvalue weighted by molar-refractivity contribution is 5.89. The minimum atomic E-state index is -4.91. The lowest BCUT2D eigenvalue weighted by atomic mass is 9.96. The Kier molecular flexibility index (Phi) is 7.70. The second-order valence-electron chi connectivity index (χ2n) is 10.1. The van der Waals surface area contributed by atoms with Gasteiger partial charge in [0, 0.05) is 19.1 Å². The van der Waals surface area contributed by atoms with Crippen molar-refractivity contribution >= 4 is 11.8 Å². The fourth-order valence-corrected chi connectivity index (χ4v) is 4.15. The van der Waals surface area contributed by atoms with E-state index in [-0.39, 0.29) is 18.2 Å². The van der Waals surface area contributed by atoms with Crippen molar-refractivity contribution in [2.24, 2.45) is 0 Å². The van der Waals surface area contributed by atoms with Crippen molar-refractivity contribution in [3.05, 3.63) is 63.7 Å². The lowest BCUT2D eigenvalue weighted by Gasteiger charge is -2.29. The van der Waals surface area contributed by atoms with Crippen LogP contribution < -0.4 is 10.2 Å². The van der Waals surface area contributed by atoms with Gasteiger partial charge in [0.2, 0.25) is 0 Å². The van der Waals surface area contributed by atoms with E-state index in [2.05, 4.69) is 5.32 Å². The van der Waals surface area contributed by atoms with Gasteiger partial charge >= 0.3 is 18.4 Å². The molecule has 1 aliphatic heterocycles. The second kappa shape index (κ2) is 9.95. The van der Waals surface area contributed by atoms with Crippen molar-refractivity contribution in [3.8, 4) is 0 Å². The Balaban J connectivity index is 1.95. The summed E-state index contributed by atoms with van der Waals surface area (Å²) >= 11 is 0. The van der Waals surface area contributed by atoms with Gasteiger partial charge in [-0.1, -0.05) is 6.07 Å². The molecule has 36 heavy (non-hydrogen) atoms. The SMILES string of the molecule is Cc1cc2c(cc1C)N(C(=O)OC(C)(C)C)CCCC2NCc1cc(C(F)(F)F)cc(C(F)(F)F)c1. The number of ether oxygens (including phenoxy) is 1. The van der Waals surface area contributed by atoms with E-state index in [0.29, 0.717) is 25.1 Å². The van der Waals surface area contributed by atoms with Gasteiger partial charge in [-0.15, -0.1) is 0 Å². The highest BCUT2D eigenvalue weighted by Gasteiger charge is 2.37. The van der Waals surface area contributed by atoms with Gasteiger partial charge in [-0.25, -0.2) is 4.79 Å². The molecular formula is C26H30F6N2O2. The van der Waals surface area contributed by atoms with Gasteiger partial charge in [-0.2, -0.15) is 26.3 Å². The van der Waals surface area contributed by atoms with Crippen LogP contribution in [0.1, 0.15) is 73.0 Å². The van der Waals surface area contributed by atoms with Crippen LogP contribution in [0.15, 0.2) is 30.3 Å². The summed E-state index contributed by atoms with van der Waals surface area (Å²) in [5.41, 5.74) is -0.292. The molecular weight excluding hydrogens is 486 g/mol. The molecule has 3 rings (SSSR count). The number of carbonyl (C=O) groups excluding carboxylic acids is 1. The fraction of sp³-hybridized carbons (Fsp3) is 0.500. The number of carbonyl (C=O) groups is 1. The van der Waals surface area contributed by atoms with E-state index >= 15 is 0 Å². The number of anilines is 1. The highest BCUT2D eigenvalue weighted by Crippen LogP contribution is 2.38. The Hall–Kier alpha value is -2.75. The third kappa shape index (κ3) is 6.72. The molecule has 0 saturated heterocycles. The summed E-state index contributed by atoms with van der Waals surface area (Å²) in [7, 11) is 0. The van der Waals surface area contributed by atoms with Crippen LogP contribution >= 0.6 is 0 Å². The molecule has 10 heteroatoms. The number of nitrogens with one attached hydrogen (secondary N) is 1. The van der Waals surface area contributed by atoms with Gasteiger partial charge in [0.1, 0.15) is 5.60 Å². The van der Waals surface area contributed by atoms with Crippen molar-refractivity contribution in [1.29, 1.82) is 0 Å². The summed E-state index contributed by atoms with van der Waals surface area (Å²) in [6, 6.07) is 4.95. The Morgan fingerprint density at radius 3 is 2.03 bits per heavy atom. The van der Waals surface area contributed by atoms with Gasteiger partial charge in [0.25, 0.3) is 0 Å². The number of benzene rings is 2. The molecule has 198 valence electrons. The molecule has 0 saturated carbocycles. The van der Waals surface area contributed by atoms with Gasteiger partial charge in [-0.05, 0) is 94.0 Å². The number of rotatable bonds is 3. The third-order valence-electron chi connectivity index (χ3n) is 6.00. The Labute approximate surface area is 206 Å². The molecule has 4 nitrogen and oxygen atoms in total. The zero-order valence-electron chi connectivity index (χ0n) is 20.8. The number of hydrogen-bond donors (Lipinski definition) is 1. The van der Waals surface area contributed by atoms with Gasteiger partial charge in [-0.3, -0.25) is 4.90 Å². The minimum absolute atomic E-state index is 0.120. The van der Waals surface area contributed by atoms with Crippen molar-refractivity contribution in [2.75, 3.05) is 11.4 Å². The number of aryl methyl sites for hydroxylation is 2. The first kappa shape index (κ1) is 27.8. The molecule has 1 heterocycles. The predicted octanol–water partition coefficient (Wildman–Crippen LogP) is 7.71. The number of alkyl halides is 6. The van der Waals surface area contributed by atoms with Crippen LogP contribution in [-0.2, 0) is 23.6 Å². The summed E-state index contributed by atoms with van der Waals surface area (Å²) in [5, 5.41) is 3.13. The fourth-order valence-electron chi connectivity index (χ4n) is 4.15. The Morgan fingerprint density at radius 2 is 1.50 bits per heavy atom. The number of nitrogens with zero attached hydrogens (tertiary/aromatic N) is 1. The average molecular weight is 517 g/mol. The molecule has 1 amide bonds. The zero-order valence-corrected chi connectivity index (χ0v) is 20.8. The molecule has 1 atom stereocenters. The third-order valence-corrected chi connectivity index (χ3v) is 6.00. The molecule has 0 aliphatic carbocycles. The van der Waals surface area contributed by atoms with Crippen LogP contribution in [-0.4, -0.2) is 18.2 Å². The number of hydrogen-bond acceptors (Lipinski definition) is 3. The van der Waals surface area contributed by atoms with E-state index in [4.69, 9.17) is 4.74 Å². The van der Waals surface area contributed by atoms with E-state index in [9.17, 15) is 31.1 Å². The summed E-state index contributed by atoms with van der Waals surface area (Å²) in [6.45, 7) is 9.24. The van der Waals surface area contributed by atoms with Gasteiger partial charge in [0.05, 0.1) is 16.8 Å². The highest BCUT2D eigenvalue weighted by atomic mass is 19.4. The van der Waals surface area contributed by atoms with Crippen molar-refractivity contribution in [2.45, 2.75) is 78.0 Å². The largest absolute Gasteiger partial charge is 0.443 e. The van der Waals surface area contributed by atoms with Gasteiger partial charge in [0.15, 0.2) is 0 Å². The molecule has 0 aromatic heterocycles. The Bertz CT molecular complexity index is 1090. The molecule has 0 fully saturated rings. The zero-order chi connectivity index (χ0) is 27.1. The first-order valence-corrected chi connectivity index (χ1v) is 11.6. The van der Waals surface area contributed by atoms with Crippen molar-refractivity contribution < 1.29 is 35.9 Å². The van der Waals surface area contributed by atoms with E-state index in [1.54, 1.807) is 25.7 Å². The standard InChI is InChI=1S/C26H30F6N2O2/c1-15-9-20-21(7-6-8-34(22(20)10-16(15)2)23(35)36-24(3,4)5)33-14-17-11-18(25(27,28)29)13-19(12-17)26(30,31)32/h9-13,21,33H,6-8,14H2,1-5H3. The second-order valence-corrected chi connectivity index (χ2v) is 10.1. The van der Waals surface area contributed by atoms with Crippen LogP contribution in [0, 0.1) is 13.8 Å². The van der Waals surface area contributed by atoms with Crippen molar-refractivity contribution in [1.82, 2.24) is 5.32 Å². The molecule has 0 radical (unpaired) electrons. The van der Waals surface area contributed by atoms with E-state index in [1.165, 1.54) is 0 Å². The quantitative estimate of drug-likeness (QED) is 0.425. The maximum Gasteiger partial charge on any atom is 0.416 e.